The Labute approximate surface area is 211 Å². The number of aryl methyl sites for hydroxylation is 1. The van der Waals surface area contributed by atoms with E-state index in [-0.39, 0.29) is 17.3 Å². The Bertz CT molecular complexity index is 1320. The van der Waals surface area contributed by atoms with Gasteiger partial charge >= 0.3 is 0 Å². The highest BCUT2D eigenvalue weighted by Gasteiger charge is 2.48. The lowest BCUT2D eigenvalue weighted by molar-refractivity contribution is -0.132. The van der Waals surface area contributed by atoms with Gasteiger partial charge < -0.3 is 14.6 Å². The van der Waals surface area contributed by atoms with E-state index in [4.69, 9.17) is 9.47 Å². The summed E-state index contributed by atoms with van der Waals surface area (Å²) >= 11 is 0. The van der Waals surface area contributed by atoms with Crippen molar-refractivity contribution in [2.75, 3.05) is 19.1 Å². The molecule has 1 fully saturated rings. The third kappa shape index (κ3) is 4.35. The van der Waals surface area contributed by atoms with Crippen LogP contribution in [0.15, 0.2) is 72.3 Å². The predicted molar refractivity (Wildman–Crippen MR) is 141 cm³/mol. The van der Waals surface area contributed by atoms with E-state index < -0.39 is 17.7 Å². The fourth-order valence-electron chi connectivity index (χ4n) is 4.67. The Morgan fingerprint density at radius 2 is 1.61 bits per heavy atom. The monoisotopic (exact) mass is 485 g/mol. The van der Waals surface area contributed by atoms with Gasteiger partial charge in [0.05, 0.1) is 25.8 Å². The topological polar surface area (TPSA) is 76.1 Å². The Hall–Kier alpha value is -4.06. The van der Waals surface area contributed by atoms with Crippen LogP contribution in [-0.4, -0.2) is 31.0 Å². The molecule has 0 aliphatic carbocycles. The number of ether oxygens (including phenoxy) is 2. The van der Waals surface area contributed by atoms with Crippen LogP contribution < -0.4 is 14.4 Å². The number of nitrogens with zero attached hydrogens (tertiary/aromatic N) is 1. The van der Waals surface area contributed by atoms with Crippen LogP contribution in [0.1, 0.15) is 55.0 Å². The van der Waals surface area contributed by atoms with Crippen molar-refractivity contribution in [3.8, 4) is 11.5 Å². The standard InChI is InChI=1S/C30H31NO5/c1-6-19-11-14-21(15-12-19)31-27(22-9-7-8-10-24(22)35-4)26(29(33)30(31)34)28(32)20-13-16-25(36-5)23(17-20)18(2)3/h7-18,27,32H,6H2,1-5H3/b28-26+. The van der Waals surface area contributed by atoms with E-state index in [0.29, 0.717) is 28.3 Å². The summed E-state index contributed by atoms with van der Waals surface area (Å²) in [4.78, 5) is 28.4. The molecule has 1 saturated heterocycles. The van der Waals surface area contributed by atoms with Crippen molar-refractivity contribution in [1.82, 2.24) is 0 Å². The second-order valence-corrected chi connectivity index (χ2v) is 9.04. The molecule has 36 heavy (non-hydrogen) atoms. The number of methoxy groups -OCH3 is 2. The predicted octanol–water partition coefficient (Wildman–Crippen LogP) is 6.02. The summed E-state index contributed by atoms with van der Waals surface area (Å²) in [5.74, 6) is -0.347. The summed E-state index contributed by atoms with van der Waals surface area (Å²) in [5.41, 5.74) is 3.64. The fourth-order valence-corrected chi connectivity index (χ4v) is 4.67. The van der Waals surface area contributed by atoms with Crippen molar-refractivity contribution in [1.29, 1.82) is 0 Å². The van der Waals surface area contributed by atoms with Gasteiger partial charge in [0.15, 0.2) is 0 Å². The van der Waals surface area contributed by atoms with Gasteiger partial charge in [-0.3, -0.25) is 14.5 Å². The zero-order valence-electron chi connectivity index (χ0n) is 21.2. The van der Waals surface area contributed by atoms with Gasteiger partial charge in [-0.2, -0.15) is 0 Å². The van der Waals surface area contributed by atoms with Gasteiger partial charge in [-0.1, -0.05) is 51.1 Å². The SMILES string of the molecule is CCc1ccc(N2C(=O)C(=O)/C(=C(/O)c3ccc(OC)c(C(C)C)c3)C2c2ccccc2OC)cc1. The van der Waals surface area contributed by atoms with Crippen LogP contribution in [0.3, 0.4) is 0 Å². The number of benzene rings is 3. The molecular weight excluding hydrogens is 454 g/mol. The number of rotatable bonds is 7. The van der Waals surface area contributed by atoms with E-state index in [1.807, 2.05) is 62.4 Å². The van der Waals surface area contributed by atoms with E-state index in [2.05, 4.69) is 6.92 Å². The largest absolute Gasteiger partial charge is 0.507 e. The highest BCUT2D eigenvalue weighted by Crippen LogP contribution is 2.45. The van der Waals surface area contributed by atoms with Crippen LogP contribution >= 0.6 is 0 Å². The zero-order chi connectivity index (χ0) is 26.0. The molecule has 1 unspecified atom stereocenters. The first-order chi connectivity index (χ1) is 17.3. The molecule has 0 spiro atoms. The van der Waals surface area contributed by atoms with Gasteiger partial charge in [0, 0.05) is 16.8 Å². The molecule has 1 amide bonds. The third-order valence-corrected chi connectivity index (χ3v) is 6.63. The minimum absolute atomic E-state index is 0.0175. The van der Waals surface area contributed by atoms with Crippen LogP contribution in [0.25, 0.3) is 5.76 Å². The maximum atomic E-state index is 13.5. The van der Waals surface area contributed by atoms with Crippen LogP contribution in [0, 0.1) is 0 Å². The minimum atomic E-state index is -0.863. The summed E-state index contributed by atoms with van der Waals surface area (Å²) in [7, 11) is 3.14. The van der Waals surface area contributed by atoms with Crippen molar-refractivity contribution < 1.29 is 24.2 Å². The number of Topliss-reactive ketones (excluding diaryl/α,β-unsaturated/α-hetero) is 1. The number of carbonyl (C=O) groups excluding carboxylic acids is 2. The number of ketones is 1. The lowest BCUT2D eigenvalue weighted by Gasteiger charge is -2.27. The van der Waals surface area contributed by atoms with Crippen LogP contribution in [0.2, 0.25) is 0 Å². The van der Waals surface area contributed by atoms with E-state index in [1.54, 1.807) is 32.4 Å². The summed E-state index contributed by atoms with van der Waals surface area (Å²) in [6.07, 6.45) is 0.852. The molecule has 3 aromatic carbocycles. The van der Waals surface area contributed by atoms with Gasteiger partial charge in [-0.05, 0) is 59.9 Å². The maximum absolute atomic E-state index is 13.5. The third-order valence-electron chi connectivity index (χ3n) is 6.63. The number of aliphatic hydroxyl groups excluding tert-OH is 1. The normalized spacial score (nSPS) is 17.1. The molecule has 0 saturated carbocycles. The molecule has 0 radical (unpaired) electrons. The Morgan fingerprint density at radius 1 is 0.944 bits per heavy atom. The van der Waals surface area contributed by atoms with E-state index in [0.717, 1.165) is 17.5 Å². The van der Waals surface area contributed by atoms with Crippen molar-refractivity contribution >= 4 is 23.1 Å². The minimum Gasteiger partial charge on any atom is -0.507 e. The molecule has 1 aliphatic rings. The van der Waals surface area contributed by atoms with Gasteiger partial charge in [-0.15, -0.1) is 0 Å². The summed E-state index contributed by atoms with van der Waals surface area (Å²) in [6, 6.07) is 19.2. The first-order valence-corrected chi connectivity index (χ1v) is 12.0. The highest BCUT2D eigenvalue weighted by atomic mass is 16.5. The van der Waals surface area contributed by atoms with E-state index in [9.17, 15) is 14.7 Å². The molecule has 1 N–H and O–H groups in total. The molecule has 6 nitrogen and oxygen atoms in total. The van der Waals surface area contributed by atoms with Crippen molar-refractivity contribution in [2.45, 2.75) is 39.2 Å². The molecule has 1 aliphatic heterocycles. The Kier molecular flexibility index (Phi) is 7.15. The fraction of sp³-hybridized carbons (Fsp3) is 0.267. The van der Waals surface area contributed by atoms with E-state index in [1.165, 1.54) is 4.90 Å². The average molecular weight is 486 g/mol. The molecule has 3 aromatic rings. The highest BCUT2D eigenvalue weighted by molar-refractivity contribution is 6.51. The molecule has 1 heterocycles. The molecule has 186 valence electrons. The molecule has 4 rings (SSSR count). The summed E-state index contributed by atoms with van der Waals surface area (Å²) in [6.45, 7) is 6.10. The van der Waals surface area contributed by atoms with Gasteiger partial charge in [-0.25, -0.2) is 0 Å². The summed E-state index contributed by atoms with van der Waals surface area (Å²) < 4.78 is 11.1. The molecule has 1 atom stereocenters. The number of hydrogen-bond acceptors (Lipinski definition) is 5. The first kappa shape index (κ1) is 25.0. The second kappa shape index (κ2) is 10.3. The van der Waals surface area contributed by atoms with Gasteiger partial charge in [0.25, 0.3) is 11.7 Å². The number of anilines is 1. The van der Waals surface area contributed by atoms with Crippen molar-refractivity contribution in [3.63, 3.8) is 0 Å². The van der Waals surface area contributed by atoms with E-state index >= 15 is 0 Å². The molecular formula is C30H31NO5. The second-order valence-electron chi connectivity index (χ2n) is 9.04. The maximum Gasteiger partial charge on any atom is 0.300 e. The lowest BCUT2D eigenvalue weighted by Crippen LogP contribution is -2.29. The van der Waals surface area contributed by atoms with Gasteiger partial charge in [0.2, 0.25) is 0 Å². The lowest BCUT2D eigenvalue weighted by atomic mass is 9.92. The molecule has 0 bridgehead atoms. The smallest absolute Gasteiger partial charge is 0.300 e. The van der Waals surface area contributed by atoms with Gasteiger partial charge in [0.1, 0.15) is 17.3 Å². The first-order valence-electron chi connectivity index (χ1n) is 12.0. The van der Waals surface area contributed by atoms with Crippen molar-refractivity contribution in [2.24, 2.45) is 0 Å². The van der Waals surface area contributed by atoms with Crippen LogP contribution in [0.5, 0.6) is 11.5 Å². The number of amides is 1. The number of carbonyl (C=O) groups is 2. The van der Waals surface area contributed by atoms with Crippen molar-refractivity contribution in [3.05, 3.63) is 94.6 Å². The summed E-state index contributed by atoms with van der Waals surface area (Å²) in [5, 5.41) is 11.5. The number of para-hydroxylation sites is 1. The Morgan fingerprint density at radius 3 is 2.22 bits per heavy atom. The molecule has 0 aromatic heterocycles. The number of hydrogen-bond donors (Lipinski definition) is 1. The van der Waals surface area contributed by atoms with Crippen LogP contribution in [0.4, 0.5) is 5.69 Å². The molecule has 6 heteroatoms. The Balaban J connectivity index is 1.96. The quantitative estimate of drug-likeness (QED) is 0.252. The zero-order valence-corrected chi connectivity index (χ0v) is 21.2. The number of aliphatic hydroxyl groups is 1. The van der Waals surface area contributed by atoms with Crippen LogP contribution in [-0.2, 0) is 16.0 Å². The average Bonchev–Trinajstić information content (AvgIpc) is 3.17.